The molecule has 50 heavy (non-hydrogen) atoms. The summed E-state index contributed by atoms with van der Waals surface area (Å²) in [5.41, 5.74) is 2.45. The molecule has 4 nitrogen and oxygen atoms in total. The molecule has 6 rings (SSSR count). The third kappa shape index (κ3) is 10.6. The van der Waals surface area contributed by atoms with Crippen LogP contribution in [-0.2, 0) is 21.5 Å². The molecule has 4 aromatic rings. The summed E-state index contributed by atoms with van der Waals surface area (Å²) >= 11 is 19.1. The molecule has 0 fully saturated rings. The molecule has 0 N–H and O–H groups in total. The number of carbonyl (C=O) groups excluding carboxylic acids is 2. The summed E-state index contributed by atoms with van der Waals surface area (Å²) in [7, 11) is 2.91. The Kier molecular flexibility index (Phi) is 19.3. The molecule has 0 saturated heterocycles. The number of ketones is 1. The summed E-state index contributed by atoms with van der Waals surface area (Å²) in [6.07, 6.45) is 2.00. The predicted molar refractivity (Wildman–Crippen MR) is 205 cm³/mol. The van der Waals surface area contributed by atoms with Crippen molar-refractivity contribution in [3.63, 3.8) is 0 Å². The van der Waals surface area contributed by atoms with Crippen LogP contribution >= 0.6 is 77.7 Å². The van der Waals surface area contributed by atoms with Crippen molar-refractivity contribution < 1.29 is 44.4 Å². The molecule has 0 unspecified atom stereocenters. The fraction of sp³-hybridized carbons (Fsp3) is 0.229. The van der Waals surface area contributed by atoms with Gasteiger partial charge in [0.1, 0.15) is 5.88 Å². The van der Waals surface area contributed by atoms with Gasteiger partial charge in [-0.1, -0.05) is 62.2 Å². The summed E-state index contributed by atoms with van der Waals surface area (Å²) in [4.78, 5) is 26.5. The molecule has 0 radical (unpaired) electrons. The van der Waals surface area contributed by atoms with Crippen molar-refractivity contribution >= 4 is 112 Å². The number of hydrogen-bond donors (Lipinski definition) is 0. The second-order valence-electron chi connectivity index (χ2n) is 10.3. The van der Waals surface area contributed by atoms with E-state index in [1.165, 1.54) is 38.4 Å². The van der Waals surface area contributed by atoms with Crippen LogP contribution in [-0.4, -0.2) is 65.7 Å². The van der Waals surface area contributed by atoms with Crippen molar-refractivity contribution in [3.8, 4) is 22.3 Å². The molecule has 0 aromatic heterocycles. The zero-order chi connectivity index (χ0) is 36.0. The van der Waals surface area contributed by atoms with Gasteiger partial charge in [-0.3, -0.25) is 14.4 Å². The summed E-state index contributed by atoms with van der Waals surface area (Å²) in [5.74, 6) is -6.85. The minimum atomic E-state index is -3.10. The standard InChI is InChI=1S/C15H8BrClF2O.C13H6BrF2I.C4H8ClNO2.C3H7.ClH.Mg/c16-9-2-4-11-10-3-1-8(14(20)7-17)5-12(10)15(18,19)13(11)6-9;14-7-1-3-9-10-4-2-8(17)6-12(10)13(15,16)11(9)5-7;1-6(8-2)4(7)3-5;1-3-2;;/h1-6H,7H2;1-6H;3H2,1-2H3;3H,1-2H3;1H;/q;;;-1;;+2/p-1. The Labute approximate surface area is 351 Å². The van der Waals surface area contributed by atoms with Gasteiger partial charge in [-0.2, -0.15) is 31.4 Å². The van der Waals surface area contributed by atoms with E-state index in [0.29, 0.717) is 31.2 Å². The smallest absolute Gasteiger partial charge is 1.00 e. The van der Waals surface area contributed by atoms with E-state index in [-0.39, 0.29) is 86.7 Å². The van der Waals surface area contributed by atoms with Gasteiger partial charge in [-0.25, -0.2) is 5.06 Å². The van der Waals surface area contributed by atoms with E-state index in [9.17, 15) is 27.2 Å². The molecule has 0 spiro atoms. The Morgan fingerprint density at radius 2 is 1.14 bits per heavy atom. The molecule has 0 heterocycles. The van der Waals surface area contributed by atoms with Crippen LogP contribution in [0, 0.1) is 9.99 Å². The number of carbonyl (C=O) groups is 2. The molecule has 0 aliphatic heterocycles. The van der Waals surface area contributed by atoms with Crippen LogP contribution < -0.4 is 12.4 Å². The van der Waals surface area contributed by atoms with Gasteiger partial charge in [0.25, 0.3) is 17.8 Å². The summed E-state index contributed by atoms with van der Waals surface area (Å²) in [5, 5.41) is 1.08. The molecule has 4 aromatic carbocycles. The van der Waals surface area contributed by atoms with Gasteiger partial charge < -0.3 is 18.8 Å². The van der Waals surface area contributed by atoms with E-state index >= 15 is 0 Å². The number of nitrogens with zero attached hydrogens (tertiary/aromatic N) is 1. The molecule has 2 aliphatic rings. The Morgan fingerprint density at radius 1 is 0.760 bits per heavy atom. The Balaban J connectivity index is 0.000000380. The minimum Gasteiger partial charge on any atom is -1.00 e. The van der Waals surface area contributed by atoms with Gasteiger partial charge in [0.05, 0.1) is 13.0 Å². The first-order valence-corrected chi connectivity index (χ1v) is 17.8. The maximum absolute atomic E-state index is 14.5. The van der Waals surface area contributed by atoms with Gasteiger partial charge >= 0.3 is 23.1 Å². The maximum Gasteiger partial charge on any atom is 2.00 e. The number of halogens is 10. The predicted octanol–water partition coefficient (Wildman–Crippen LogP) is 8.26. The van der Waals surface area contributed by atoms with Crippen molar-refractivity contribution in [2.75, 3.05) is 25.9 Å². The van der Waals surface area contributed by atoms with Crippen molar-refractivity contribution in [3.05, 3.63) is 120 Å². The monoisotopic (exact) mass is 1000 g/mol. The molecule has 0 bridgehead atoms. The molecular weight excluding hydrogens is 976 g/mol. The van der Waals surface area contributed by atoms with Crippen molar-refractivity contribution in [1.29, 1.82) is 0 Å². The molecule has 264 valence electrons. The van der Waals surface area contributed by atoms with E-state index in [1.54, 1.807) is 42.5 Å². The summed E-state index contributed by atoms with van der Waals surface area (Å²) in [6, 6.07) is 19.4. The van der Waals surface area contributed by atoms with E-state index in [2.05, 4.69) is 59.3 Å². The van der Waals surface area contributed by atoms with Gasteiger partial charge in [0.2, 0.25) is 0 Å². The average Bonchev–Trinajstić information content (AvgIpc) is 3.42. The second-order valence-corrected chi connectivity index (χ2v) is 13.9. The van der Waals surface area contributed by atoms with Gasteiger partial charge in [0.15, 0.2) is 5.78 Å². The van der Waals surface area contributed by atoms with E-state index in [1.807, 2.05) is 26.3 Å². The zero-order valence-corrected chi connectivity index (χ0v) is 36.1. The first-order chi connectivity index (χ1) is 22.6. The number of Topliss-reactive ketones (excluding diaryl/α,β-unsaturated/α-hetero) is 1. The summed E-state index contributed by atoms with van der Waals surface area (Å²) < 4.78 is 59.6. The third-order valence-corrected chi connectivity index (χ3v) is 9.21. The number of amides is 1. The van der Waals surface area contributed by atoms with E-state index in [4.69, 9.17) is 23.2 Å². The fourth-order valence-corrected chi connectivity index (χ4v) is 6.33. The van der Waals surface area contributed by atoms with Crippen LogP contribution in [0.4, 0.5) is 17.6 Å². The normalized spacial score (nSPS) is 13.0. The Bertz CT molecular complexity index is 1770. The van der Waals surface area contributed by atoms with Crippen molar-refractivity contribution in [2.24, 2.45) is 0 Å². The first kappa shape index (κ1) is 47.0. The SMILES string of the molecule is CON(C)C(=O)CCl.C[CH-]C.FC1(F)c2cc(Br)ccc2-c2ccc(I)cc21.O=C(CCl)c1ccc2c(c1)C(F)(F)c1cc(Br)ccc1-2.[Cl-].[Mg+2]. The van der Waals surface area contributed by atoms with Crippen LogP contribution in [0.5, 0.6) is 0 Å². The number of alkyl halides is 6. The van der Waals surface area contributed by atoms with E-state index < -0.39 is 11.8 Å². The van der Waals surface area contributed by atoms with Crippen LogP contribution in [0.25, 0.3) is 22.3 Å². The minimum absolute atomic E-state index is 0. The average molecular weight is 1000 g/mol. The number of benzene rings is 4. The topological polar surface area (TPSA) is 46.6 Å². The molecule has 2 aliphatic carbocycles. The van der Waals surface area contributed by atoms with Gasteiger partial charge in [0, 0.05) is 47.4 Å². The number of hydroxylamine groups is 2. The Hall–Kier alpha value is -0.974. The third-order valence-electron chi connectivity index (χ3n) is 7.08. The molecule has 15 heteroatoms. The number of rotatable bonds is 4. The number of fused-ring (bicyclic) bond motifs is 6. The largest absolute Gasteiger partial charge is 2.00 e. The first-order valence-electron chi connectivity index (χ1n) is 14.1. The Morgan fingerprint density at radius 3 is 1.52 bits per heavy atom. The molecule has 1 amide bonds. The second kappa shape index (κ2) is 20.5. The van der Waals surface area contributed by atoms with Crippen LogP contribution in [0.3, 0.4) is 0 Å². The van der Waals surface area contributed by atoms with Crippen LogP contribution in [0.15, 0.2) is 81.7 Å². The number of hydrogen-bond acceptors (Lipinski definition) is 3. The van der Waals surface area contributed by atoms with Crippen molar-refractivity contribution in [1.82, 2.24) is 5.06 Å². The maximum atomic E-state index is 14.5. The summed E-state index contributed by atoms with van der Waals surface area (Å²) in [6.45, 7) is 4.00. The van der Waals surface area contributed by atoms with Crippen LogP contribution in [0.2, 0.25) is 0 Å². The molecular formula is C35H29Br2Cl3F4IMgNO3. The molecule has 0 saturated carbocycles. The van der Waals surface area contributed by atoms with Crippen molar-refractivity contribution in [2.45, 2.75) is 25.7 Å². The quantitative estimate of drug-likeness (QED) is 0.0394. The fourth-order valence-electron chi connectivity index (χ4n) is 4.80. The zero-order valence-electron chi connectivity index (χ0n) is 27.1. The van der Waals surface area contributed by atoms with Crippen LogP contribution in [0.1, 0.15) is 46.5 Å². The molecule has 0 atom stereocenters. The van der Waals surface area contributed by atoms with Gasteiger partial charge in [-0.05, 0) is 87.3 Å². The van der Waals surface area contributed by atoms with Gasteiger partial charge in [-0.15, -0.1) is 23.2 Å². The van der Waals surface area contributed by atoms with E-state index in [0.717, 1.165) is 8.63 Å².